The van der Waals surface area contributed by atoms with E-state index in [9.17, 15) is 4.39 Å². The molecule has 0 unspecified atom stereocenters. The number of ether oxygens (including phenoxy) is 1. The van der Waals surface area contributed by atoms with Crippen molar-refractivity contribution in [3.8, 4) is 0 Å². The zero-order chi connectivity index (χ0) is 19.5. The summed E-state index contributed by atoms with van der Waals surface area (Å²) in [5.41, 5.74) is 2.03. The van der Waals surface area contributed by atoms with Crippen LogP contribution in [0.5, 0.6) is 0 Å². The highest BCUT2D eigenvalue weighted by Gasteiger charge is 2.48. The van der Waals surface area contributed by atoms with Gasteiger partial charge in [-0.3, -0.25) is 4.98 Å². The fourth-order valence-corrected chi connectivity index (χ4v) is 5.02. The Morgan fingerprint density at radius 1 is 1.18 bits per heavy atom. The molecule has 3 heterocycles. The van der Waals surface area contributed by atoms with E-state index in [1.54, 1.807) is 6.20 Å². The molecule has 0 radical (unpaired) electrons. The minimum atomic E-state index is -0.474. The molecule has 1 aliphatic heterocycles. The maximum atomic E-state index is 13.6. The van der Waals surface area contributed by atoms with Gasteiger partial charge in [0.25, 0.3) is 0 Å². The third-order valence-corrected chi connectivity index (χ3v) is 6.61. The molecular formula is C22H27ClFN3O. The predicted molar refractivity (Wildman–Crippen MR) is 108 cm³/mol. The summed E-state index contributed by atoms with van der Waals surface area (Å²) in [6, 6.07) is 7.66. The molecule has 6 heteroatoms. The van der Waals surface area contributed by atoms with Gasteiger partial charge < -0.3 is 10.1 Å². The normalized spacial score (nSPS) is 23.9. The highest BCUT2D eigenvalue weighted by Crippen LogP contribution is 2.49. The Morgan fingerprint density at radius 2 is 2.04 bits per heavy atom. The first kappa shape index (κ1) is 19.7. The quantitative estimate of drug-likeness (QED) is 0.555. The van der Waals surface area contributed by atoms with Gasteiger partial charge in [0.2, 0.25) is 0 Å². The van der Waals surface area contributed by atoms with Crippen LogP contribution >= 0.6 is 11.6 Å². The number of aromatic nitrogens is 2. The number of rotatable bonds is 6. The molecule has 4 nitrogen and oxygen atoms in total. The molecule has 2 aromatic rings. The SMILES string of the molecule is Fc1cc(CNCC[C@@]2(c3ccccn3)CCOC3(CCCC3)C2)cnc1Cl. The average Bonchev–Trinajstić information content (AvgIpc) is 3.16. The summed E-state index contributed by atoms with van der Waals surface area (Å²) in [6.45, 7) is 2.20. The monoisotopic (exact) mass is 403 g/mol. The zero-order valence-corrected chi connectivity index (χ0v) is 16.8. The first-order valence-corrected chi connectivity index (χ1v) is 10.5. The molecule has 28 heavy (non-hydrogen) atoms. The van der Waals surface area contributed by atoms with Crippen LogP contribution < -0.4 is 5.32 Å². The van der Waals surface area contributed by atoms with Crippen molar-refractivity contribution in [3.05, 3.63) is 58.9 Å². The number of nitrogens with zero attached hydrogens (tertiary/aromatic N) is 2. The van der Waals surface area contributed by atoms with E-state index < -0.39 is 5.82 Å². The van der Waals surface area contributed by atoms with Crippen LogP contribution in [0.4, 0.5) is 4.39 Å². The molecule has 1 saturated heterocycles. The zero-order valence-electron chi connectivity index (χ0n) is 16.1. The highest BCUT2D eigenvalue weighted by atomic mass is 35.5. The second kappa shape index (κ2) is 8.44. The number of halogens is 2. The lowest BCUT2D eigenvalue weighted by Crippen LogP contribution is -2.47. The molecular weight excluding hydrogens is 377 g/mol. The second-order valence-corrected chi connectivity index (χ2v) is 8.56. The molecule has 0 aromatic carbocycles. The van der Waals surface area contributed by atoms with Crippen molar-refractivity contribution in [2.45, 2.75) is 62.5 Å². The second-order valence-electron chi connectivity index (χ2n) is 8.20. The van der Waals surface area contributed by atoms with Crippen LogP contribution in [0.3, 0.4) is 0 Å². The van der Waals surface area contributed by atoms with Crippen molar-refractivity contribution in [2.75, 3.05) is 13.2 Å². The third kappa shape index (κ3) is 4.22. The van der Waals surface area contributed by atoms with E-state index in [-0.39, 0.29) is 16.2 Å². The van der Waals surface area contributed by atoms with Gasteiger partial charge in [0.05, 0.1) is 5.60 Å². The number of nitrogens with one attached hydrogen (secondary N) is 1. The van der Waals surface area contributed by atoms with E-state index in [4.69, 9.17) is 21.3 Å². The van der Waals surface area contributed by atoms with Crippen LogP contribution in [0.25, 0.3) is 0 Å². The molecule has 1 N–H and O–H groups in total. The number of hydrogen-bond acceptors (Lipinski definition) is 4. The van der Waals surface area contributed by atoms with Crippen LogP contribution in [0.1, 0.15) is 56.2 Å². The van der Waals surface area contributed by atoms with Gasteiger partial charge in [-0.05, 0) is 62.4 Å². The Balaban J connectivity index is 1.45. The molecule has 1 atom stereocenters. The Kier molecular flexibility index (Phi) is 5.95. The van der Waals surface area contributed by atoms with Crippen molar-refractivity contribution in [3.63, 3.8) is 0 Å². The Labute approximate surface area is 170 Å². The summed E-state index contributed by atoms with van der Waals surface area (Å²) < 4.78 is 19.9. The lowest BCUT2D eigenvalue weighted by molar-refractivity contribution is -0.104. The molecule has 4 rings (SSSR count). The van der Waals surface area contributed by atoms with Crippen LogP contribution in [-0.2, 0) is 16.7 Å². The van der Waals surface area contributed by atoms with Gasteiger partial charge in [-0.15, -0.1) is 0 Å². The molecule has 1 saturated carbocycles. The largest absolute Gasteiger partial charge is 0.375 e. The molecule has 1 aliphatic carbocycles. The van der Waals surface area contributed by atoms with Crippen LogP contribution in [0.15, 0.2) is 36.7 Å². The van der Waals surface area contributed by atoms with Crippen molar-refractivity contribution in [2.24, 2.45) is 0 Å². The predicted octanol–water partition coefficient (Wildman–Crippen LogP) is 4.81. The molecule has 0 bridgehead atoms. The van der Waals surface area contributed by atoms with Crippen molar-refractivity contribution in [1.29, 1.82) is 0 Å². The van der Waals surface area contributed by atoms with Crippen molar-refractivity contribution >= 4 is 11.6 Å². The van der Waals surface area contributed by atoms with E-state index >= 15 is 0 Å². The van der Waals surface area contributed by atoms with Gasteiger partial charge in [0.1, 0.15) is 0 Å². The summed E-state index contributed by atoms with van der Waals surface area (Å²) in [7, 11) is 0. The highest BCUT2D eigenvalue weighted by molar-refractivity contribution is 6.29. The van der Waals surface area contributed by atoms with Crippen molar-refractivity contribution in [1.82, 2.24) is 15.3 Å². The topological polar surface area (TPSA) is 47.0 Å². The molecule has 150 valence electrons. The number of hydrogen-bond donors (Lipinski definition) is 1. The lowest BCUT2D eigenvalue weighted by Gasteiger charge is -2.46. The lowest BCUT2D eigenvalue weighted by atomic mass is 9.68. The standard InChI is InChI=1S/C22H27ClFN3O/c23-20-18(24)13-17(15-27-20)14-25-11-8-21(19-5-1-4-10-26-19)9-12-28-22(16-21)6-2-3-7-22/h1,4-5,10,13,15,25H,2-3,6-9,11-12,14,16H2/t21-/m1/s1. The maximum Gasteiger partial charge on any atom is 0.164 e. The van der Waals surface area contributed by atoms with E-state index in [1.807, 2.05) is 12.3 Å². The molecule has 2 fully saturated rings. The van der Waals surface area contributed by atoms with Gasteiger partial charge in [-0.1, -0.05) is 30.5 Å². The molecule has 1 spiro atoms. The fourth-order valence-electron chi connectivity index (χ4n) is 4.91. The molecule has 2 aliphatic rings. The van der Waals surface area contributed by atoms with Crippen molar-refractivity contribution < 1.29 is 9.13 Å². The minimum Gasteiger partial charge on any atom is -0.375 e. The number of pyridine rings is 2. The smallest absolute Gasteiger partial charge is 0.164 e. The fraction of sp³-hybridized carbons (Fsp3) is 0.545. The van der Waals surface area contributed by atoms with E-state index in [0.29, 0.717) is 6.54 Å². The van der Waals surface area contributed by atoms with Crippen LogP contribution in [-0.4, -0.2) is 28.7 Å². The third-order valence-electron chi connectivity index (χ3n) is 6.33. The van der Waals surface area contributed by atoms with Gasteiger partial charge >= 0.3 is 0 Å². The van der Waals surface area contributed by atoms with E-state index in [0.717, 1.165) is 50.8 Å². The van der Waals surface area contributed by atoms with Gasteiger partial charge in [0, 0.05) is 36.7 Å². The van der Waals surface area contributed by atoms with Crippen LogP contribution in [0.2, 0.25) is 5.15 Å². The summed E-state index contributed by atoms with van der Waals surface area (Å²) in [4.78, 5) is 8.61. The Hall–Kier alpha value is -1.56. The molecule has 0 amide bonds. The maximum absolute atomic E-state index is 13.6. The average molecular weight is 404 g/mol. The van der Waals surface area contributed by atoms with E-state index in [2.05, 4.69) is 22.4 Å². The Bertz CT molecular complexity index is 798. The van der Waals surface area contributed by atoms with E-state index in [1.165, 1.54) is 24.6 Å². The first-order valence-electron chi connectivity index (χ1n) is 10.2. The molecule has 2 aromatic heterocycles. The van der Waals surface area contributed by atoms with Gasteiger partial charge in [-0.2, -0.15) is 0 Å². The van der Waals surface area contributed by atoms with Gasteiger partial charge in [-0.25, -0.2) is 9.37 Å². The summed E-state index contributed by atoms with van der Waals surface area (Å²) in [5.74, 6) is -0.474. The first-order chi connectivity index (χ1) is 13.6. The van der Waals surface area contributed by atoms with Gasteiger partial charge in [0.15, 0.2) is 11.0 Å². The summed E-state index contributed by atoms with van der Waals surface area (Å²) in [5, 5.41) is 3.37. The Morgan fingerprint density at radius 3 is 2.79 bits per heavy atom. The summed E-state index contributed by atoms with van der Waals surface area (Å²) in [6.07, 6.45) is 11.4. The summed E-state index contributed by atoms with van der Waals surface area (Å²) >= 11 is 5.66. The van der Waals surface area contributed by atoms with Crippen LogP contribution in [0, 0.1) is 5.82 Å². The minimum absolute atomic E-state index is 0.0268.